The van der Waals surface area contributed by atoms with Crippen molar-refractivity contribution in [2.24, 2.45) is 10.7 Å². The number of carbonyl (C=O) groups excluding carboxylic acids is 1. The molecule has 0 radical (unpaired) electrons. The molecule has 0 aliphatic rings. The summed E-state index contributed by atoms with van der Waals surface area (Å²) in [5.74, 6) is 1.26. The number of guanidine groups is 1. The Hall–Kier alpha value is -3.02. The highest BCUT2D eigenvalue weighted by molar-refractivity contribution is 5.79. The molecular weight excluding hydrogens is 340 g/mol. The van der Waals surface area contributed by atoms with E-state index in [2.05, 4.69) is 46.8 Å². The van der Waals surface area contributed by atoms with Crippen LogP contribution in [0.5, 0.6) is 5.75 Å². The van der Waals surface area contributed by atoms with Gasteiger partial charge in [0, 0.05) is 13.1 Å². The van der Waals surface area contributed by atoms with Crippen molar-refractivity contribution in [1.29, 1.82) is 0 Å². The van der Waals surface area contributed by atoms with Crippen molar-refractivity contribution < 1.29 is 9.53 Å². The van der Waals surface area contributed by atoms with Gasteiger partial charge in [-0.3, -0.25) is 4.79 Å². The Balaban J connectivity index is 1.94. The molecule has 2 aromatic carbocycles. The maximum Gasteiger partial charge on any atom is 0.255 e. The average molecular weight is 368 g/mol. The van der Waals surface area contributed by atoms with Crippen LogP contribution in [0.15, 0.2) is 59.6 Å². The van der Waals surface area contributed by atoms with Gasteiger partial charge in [-0.25, -0.2) is 4.99 Å². The van der Waals surface area contributed by atoms with Crippen molar-refractivity contribution in [1.82, 2.24) is 10.6 Å². The van der Waals surface area contributed by atoms with Crippen LogP contribution in [0.2, 0.25) is 0 Å². The SMILES string of the molecule is CCNC(=NCc1cccc(OCC(N)=O)c1)NCC(C)c1ccccc1. The van der Waals surface area contributed by atoms with Gasteiger partial charge in [0.1, 0.15) is 5.75 Å². The number of aliphatic imine (C=N–C) groups is 1. The number of nitrogens with two attached hydrogens (primary N) is 1. The lowest BCUT2D eigenvalue weighted by Crippen LogP contribution is -2.39. The van der Waals surface area contributed by atoms with Crippen LogP contribution in [0.25, 0.3) is 0 Å². The molecule has 2 rings (SSSR count). The Morgan fingerprint density at radius 2 is 1.93 bits per heavy atom. The second-order valence-electron chi connectivity index (χ2n) is 6.29. The zero-order valence-electron chi connectivity index (χ0n) is 15.9. The molecule has 0 saturated heterocycles. The van der Waals surface area contributed by atoms with Crippen LogP contribution in [0.3, 0.4) is 0 Å². The van der Waals surface area contributed by atoms with Gasteiger partial charge in [0.15, 0.2) is 12.6 Å². The Morgan fingerprint density at radius 3 is 2.63 bits per heavy atom. The number of amides is 1. The molecule has 0 aromatic heterocycles. The van der Waals surface area contributed by atoms with E-state index in [1.165, 1.54) is 5.56 Å². The molecule has 0 aliphatic heterocycles. The minimum Gasteiger partial charge on any atom is -0.484 e. The number of ether oxygens (including phenoxy) is 1. The topological polar surface area (TPSA) is 88.7 Å². The molecule has 0 spiro atoms. The van der Waals surface area contributed by atoms with Gasteiger partial charge in [-0.15, -0.1) is 0 Å². The average Bonchev–Trinajstić information content (AvgIpc) is 2.69. The summed E-state index contributed by atoms with van der Waals surface area (Å²) in [5, 5.41) is 6.65. The molecule has 4 N–H and O–H groups in total. The molecule has 2 aromatic rings. The van der Waals surface area contributed by atoms with E-state index in [1.807, 2.05) is 31.2 Å². The maximum absolute atomic E-state index is 10.8. The molecular formula is C21H28N4O2. The molecule has 1 unspecified atom stereocenters. The minimum atomic E-state index is -0.496. The van der Waals surface area contributed by atoms with Crippen LogP contribution < -0.4 is 21.1 Å². The summed E-state index contributed by atoms with van der Waals surface area (Å²) in [6.45, 7) is 6.17. The van der Waals surface area contributed by atoms with Gasteiger partial charge in [0.25, 0.3) is 5.91 Å². The summed E-state index contributed by atoms with van der Waals surface area (Å²) in [7, 11) is 0. The molecule has 27 heavy (non-hydrogen) atoms. The first-order chi connectivity index (χ1) is 13.1. The smallest absolute Gasteiger partial charge is 0.255 e. The molecule has 144 valence electrons. The number of nitrogens with one attached hydrogen (secondary N) is 2. The van der Waals surface area contributed by atoms with E-state index in [0.29, 0.717) is 18.2 Å². The third-order valence-corrected chi connectivity index (χ3v) is 3.99. The summed E-state index contributed by atoms with van der Waals surface area (Å²) in [6.07, 6.45) is 0. The standard InChI is InChI=1S/C21H28N4O2/c1-3-23-21(24-13-16(2)18-9-5-4-6-10-18)25-14-17-8-7-11-19(12-17)27-15-20(22)26/h4-12,16H,3,13-15H2,1-2H3,(H2,22,26)(H2,23,24,25). The van der Waals surface area contributed by atoms with E-state index in [1.54, 1.807) is 6.07 Å². The number of primary amides is 1. The zero-order valence-corrected chi connectivity index (χ0v) is 15.9. The normalized spacial score (nSPS) is 12.3. The van der Waals surface area contributed by atoms with Crippen molar-refractivity contribution in [2.75, 3.05) is 19.7 Å². The molecule has 1 amide bonds. The fourth-order valence-electron chi connectivity index (χ4n) is 2.55. The zero-order chi connectivity index (χ0) is 19.5. The van der Waals surface area contributed by atoms with Gasteiger partial charge in [-0.05, 0) is 36.1 Å². The van der Waals surface area contributed by atoms with E-state index in [-0.39, 0.29) is 6.61 Å². The van der Waals surface area contributed by atoms with Crippen molar-refractivity contribution in [3.8, 4) is 5.75 Å². The van der Waals surface area contributed by atoms with Gasteiger partial charge >= 0.3 is 0 Å². The van der Waals surface area contributed by atoms with E-state index >= 15 is 0 Å². The Kier molecular flexibility index (Phi) is 8.16. The Labute approximate surface area is 160 Å². The quantitative estimate of drug-likeness (QED) is 0.468. The highest BCUT2D eigenvalue weighted by Crippen LogP contribution is 2.14. The summed E-state index contributed by atoms with van der Waals surface area (Å²) >= 11 is 0. The van der Waals surface area contributed by atoms with Crippen LogP contribution in [0.1, 0.15) is 30.9 Å². The van der Waals surface area contributed by atoms with Crippen LogP contribution in [-0.4, -0.2) is 31.6 Å². The molecule has 6 heteroatoms. The molecule has 0 bridgehead atoms. The summed E-state index contributed by atoms with van der Waals surface area (Å²) in [6, 6.07) is 17.9. The number of carbonyl (C=O) groups is 1. The summed E-state index contributed by atoms with van der Waals surface area (Å²) in [5.41, 5.74) is 7.39. The van der Waals surface area contributed by atoms with E-state index < -0.39 is 5.91 Å². The third-order valence-electron chi connectivity index (χ3n) is 3.99. The number of hydrogen-bond donors (Lipinski definition) is 3. The van der Waals surface area contributed by atoms with Crippen LogP contribution in [0, 0.1) is 0 Å². The monoisotopic (exact) mass is 368 g/mol. The minimum absolute atomic E-state index is 0.131. The first-order valence-corrected chi connectivity index (χ1v) is 9.15. The predicted octanol–water partition coefficient (Wildman–Crippen LogP) is 2.41. The van der Waals surface area contributed by atoms with Crippen molar-refractivity contribution in [3.63, 3.8) is 0 Å². The van der Waals surface area contributed by atoms with Crippen molar-refractivity contribution >= 4 is 11.9 Å². The van der Waals surface area contributed by atoms with Gasteiger partial charge in [-0.1, -0.05) is 49.4 Å². The maximum atomic E-state index is 10.8. The summed E-state index contributed by atoms with van der Waals surface area (Å²) in [4.78, 5) is 15.5. The number of benzene rings is 2. The molecule has 0 fully saturated rings. The molecule has 6 nitrogen and oxygen atoms in total. The van der Waals surface area contributed by atoms with Crippen LogP contribution >= 0.6 is 0 Å². The highest BCUT2D eigenvalue weighted by atomic mass is 16.5. The second-order valence-corrected chi connectivity index (χ2v) is 6.29. The molecule has 1 atom stereocenters. The number of rotatable bonds is 9. The fourth-order valence-corrected chi connectivity index (χ4v) is 2.55. The van der Waals surface area contributed by atoms with Gasteiger partial charge in [-0.2, -0.15) is 0 Å². The van der Waals surface area contributed by atoms with Gasteiger partial charge in [0.05, 0.1) is 6.54 Å². The predicted molar refractivity (Wildman–Crippen MR) is 109 cm³/mol. The Morgan fingerprint density at radius 1 is 1.15 bits per heavy atom. The molecule has 0 heterocycles. The largest absolute Gasteiger partial charge is 0.484 e. The van der Waals surface area contributed by atoms with Crippen molar-refractivity contribution in [3.05, 3.63) is 65.7 Å². The van der Waals surface area contributed by atoms with Gasteiger partial charge < -0.3 is 21.1 Å². The highest BCUT2D eigenvalue weighted by Gasteiger charge is 2.06. The van der Waals surface area contributed by atoms with E-state index in [9.17, 15) is 4.79 Å². The lowest BCUT2D eigenvalue weighted by atomic mass is 10.0. The van der Waals surface area contributed by atoms with Gasteiger partial charge in [0.2, 0.25) is 0 Å². The molecule has 0 aliphatic carbocycles. The second kappa shape index (κ2) is 10.9. The van der Waals surface area contributed by atoms with E-state index in [0.717, 1.165) is 24.6 Å². The number of hydrogen-bond acceptors (Lipinski definition) is 3. The van der Waals surface area contributed by atoms with Crippen molar-refractivity contribution in [2.45, 2.75) is 26.3 Å². The lowest BCUT2D eigenvalue weighted by Gasteiger charge is -2.16. The van der Waals surface area contributed by atoms with E-state index in [4.69, 9.17) is 10.5 Å². The molecule has 0 saturated carbocycles. The number of nitrogens with zero attached hydrogens (tertiary/aromatic N) is 1. The van der Waals surface area contributed by atoms with Crippen LogP contribution in [-0.2, 0) is 11.3 Å². The Bertz CT molecular complexity index is 747. The third kappa shape index (κ3) is 7.40. The lowest BCUT2D eigenvalue weighted by molar-refractivity contribution is -0.119. The summed E-state index contributed by atoms with van der Waals surface area (Å²) < 4.78 is 5.34. The fraction of sp³-hybridized carbons (Fsp3) is 0.333. The first kappa shape index (κ1) is 20.3. The first-order valence-electron chi connectivity index (χ1n) is 9.15. The van der Waals surface area contributed by atoms with Crippen LogP contribution in [0.4, 0.5) is 0 Å².